The van der Waals surface area contributed by atoms with Crippen LogP contribution in [0.3, 0.4) is 0 Å². The normalized spacial score (nSPS) is 17.3. The minimum atomic E-state index is -0.0751. The van der Waals surface area contributed by atoms with Crippen molar-refractivity contribution in [3.05, 3.63) is 65.7 Å². The van der Waals surface area contributed by atoms with Crippen molar-refractivity contribution < 1.29 is 4.79 Å². The molecule has 0 saturated heterocycles. The van der Waals surface area contributed by atoms with Gasteiger partial charge in [0.1, 0.15) is 0 Å². The van der Waals surface area contributed by atoms with Crippen molar-refractivity contribution >= 4 is 22.6 Å². The Morgan fingerprint density at radius 3 is 2.53 bits per heavy atom. The molecule has 0 amide bonds. The maximum atomic E-state index is 12.3. The third-order valence-corrected chi connectivity index (χ3v) is 4.41. The predicted octanol–water partition coefficient (Wildman–Crippen LogP) is 4.13. The van der Waals surface area contributed by atoms with E-state index in [4.69, 9.17) is 5.41 Å². The van der Waals surface area contributed by atoms with Gasteiger partial charge in [0.25, 0.3) is 0 Å². The summed E-state index contributed by atoms with van der Waals surface area (Å²) in [6.45, 7) is 0. The van der Waals surface area contributed by atoms with Crippen LogP contribution in [0.1, 0.15) is 28.3 Å². The standard InChI is InChI=1S/C16H13NOS/c17-16-13(12-8-4-5-9-15(12)19-16)10-14(18)11-6-2-1-3-7-11/h1-9,13,17H,10H2. The number of fused-ring (bicyclic) bond motifs is 1. The molecule has 0 radical (unpaired) electrons. The highest BCUT2D eigenvalue weighted by atomic mass is 32.2. The second kappa shape index (κ2) is 5.02. The first kappa shape index (κ1) is 12.2. The van der Waals surface area contributed by atoms with Crippen LogP contribution >= 0.6 is 11.8 Å². The minimum absolute atomic E-state index is 0.0751. The molecule has 2 nitrogen and oxygen atoms in total. The molecular formula is C16H13NOS. The molecule has 1 atom stereocenters. The van der Waals surface area contributed by atoms with Crippen LogP contribution in [-0.4, -0.2) is 10.8 Å². The van der Waals surface area contributed by atoms with E-state index in [1.54, 1.807) is 0 Å². The molecule has 0 fully saturated rings. The monoisotopic (exact) mass is 267 g/mol. The number of hydrogen-bond acceptors (Lipinski definition) is 3. The van der Waals surface area contributed by atoms with E-state index in [1.165, 1.54) is 11.8 Å². The summed E-state index contributed by atoms with van der Waals surface area (Å²) >= 11 is 1.47. The summed E-state index contributed by atoms with van der Waals surface area (Å²) < 4.78 is 0. The number of benzene rings is 2. The van der Waals surface area contributed by atoms with Gasteiger partial charge in [-0.25, -0.2) is 0 Å². The van der Waals surface area contributed by atoms with Crippen LogP contribution in [0.4, 0.5) is 0 Å². The maximum Gasteiger partial charge on any atom is 0.163 e. The molecular weight excluding hydrogens is 254 g/mol. The number of hydrogen-bond donors (Lipinski definition) is 1. The fraction of sp³-hybridized carbons (Fsp3) is 0.125. The van der Waals surface area contributed by atoms with Gasteiger partial charge in [-0.15, -0.1) is 0 Å². The van der Waals surface area contributed by atoms with Gasteiger partial charge in [0.05, 0.1) is 5.04 Å². The Bertz CT molecular complexity index is 636. The number of Topliss-reactive ketones (excluding diaryl/α,β-unsaturated/α-hetero) is 1. The zero-order valence-electron chi connectivity index (χ0n) is 10.3. The Labute approximate surface area is 116 Å². The van der Waals surface area contributed by atoms with Gasteiger partial charge in [0.2, 0.25) is 0 Å². The molecule has 3 rings (SSSR count). The lowest BCUT2D eigenvalue weighted by atomic mass is 9.92. The van der Waals surface area contributed by atoms with Gasteiger partial charge in [-0.2, -0.15) is 0 Å². The molecule has 1 aliphatic rings. The molecule has 1 N–H and O–H groups in total. The molecule has 2 aromatic rings. The summed E-state index contributed by atoms with van der Waals surface area (Å²) in [6, 6.07) is 17.3. The predicted molar refractivity (Wildman–Crippen MR) is 78.2 cm³/mol. The third kappa shape index (κ3) is 2.34. The largest absolute Gasteiger partial charge is 0.297 e. The van der Waals surface area contributed by atoms with Crippen molar-refractivity contribution in [2.24, 2.45) is 0 Å². The number of ketones is 1. The van der Waals surface area contributed by atoms with Crippen LogP contribution in [0.2, 0.25) is 0 Å². The van der Waals surface area contributed by atoms with E-state index in [1.807, 2.05) is 54.6 Å². The number of thioether (sulfide) groups is 1. The van der Waals surface area contributed by atoms with Crippen LogP contribution in [0.25, 0.3) is 0 Å². The quantitative estimate of drug-likeness (QED) is 0.850. The van der Waals surface area contributed by atoms with Crippen molar-refractivity contribution in [2.75, 3.05) is 0 Å². The molecule has 1 heterocycles. The first-order chi connectivity index (χ1) is 9.25. The van der Waals surface area contributed by atoms with Crippen LogP contribution in [0, 0.1) is 5.41 Å². The molecule has 1 aliphatic heterocycles. The van der Waals surface area contributed by atoms with Gasteiger partial charge in [-0.05, 0) is 11.6 Å². The van der Waals surface area contributed by atoms with Crippen molar-refractivity contribution in [3.8, 4) is 0 Å². The number of nitrogens with one attached hydrogen (secondary N) is 1. The molecule has 0 saturated carbocycles. The highest BCUT2D eigenvalue weighted by Crippen LogP contribution is 2.42. The molecule has 0 spiro atoms. The van der Waals surface area contributed by atoms with Gasteiger partial charge in [-0.1, -0.05) is 60.3 Å². The van der Waals surface area contributed by atoms with Gasteiger partial charge < -0.3 is 0 Å². The Balaban J connectivity index is 1.85. The topological polar surface area (TPSA) is 40.9 Å². The molecule has 1 unspecified atom stereocenters. The summed E-state index contributed by atoms with van der Waals surface area (Å²) in [5.41, 5.74) is 1.84. The van der Waals surface area contributed by atoms with Crippen molar-refractivity contribution in [2.45, 2.75) is 17.2 Å². The first-order valence-corrected chi connectivity index (χ1v) is 7.01. The van der Waals surface area contributed by atoms with E-state index in [0.717, 1.165) is 16.0 Å². The molecule has 19 heavy (non-hydrogen) atoms. The smallest absolute Gasteiger partial charge is 0.163 e. The summed E-state index contributed by atoms with van der Waals surface area (Å²) in [7, 11) is 0. The summed E-state index contributed by atoms with van der Waals surface area (Å²) in [4.78, 5) is 13.4. The number of rotatable bonds is 3. The van der Waals surface area contributed by atoms with Crippen LogP contribution in [0.15, 0.2) is 59.5 Å². The first-order valence-electron chi connectivity index (χ1n) is 6.19. The minimum Gasteiger partial charge on any atom is -0.297 e. The van der Waals surface area contributed by atoms with Crippen molar-refractivity contribution in [3.63, 3.8) is 0 Å². The van der Waals surface area contributed by atoms with E-state index in [9.17, 15) is 4.79 Å². The van der Waals surface area contributed by atoms with Crippen LogP contribution < -0.4 is 0 Å². The van der Waals surface area contributed by atoms with Crippen molar-refractivity contribution in [1.29, 1.82) is 5.41 Å². The van der Waals surface area contributed by atoms with Gasteiger partial charge in [-0.3, -0.25) is 10.2 Å². The average molecular weight is 267 g/mol. The fourth-order valence-corrected chi connectivity index (χ4v) is 3.39. The third-order valence-electron chi connectivity index (χ3n) is 3.32. The Morgan fingerprint density at radius 1 is 1.05 bits per heavy atom. The Morgan fingerprint density at radius 2 is 1.74 bits per heavy atom. The highest BCUT2D eigenvalue weighted by molar-refractivity contribution is 8.14. The van der Waals surface area contributed by atoms with E-state index < -0.39 is 0 Å². The Hall–Kier alpha value is -1.87. The molecule has 94 valence electrons. The number of carbonyl (C=O) groups is 1. The van der Waals surface area contributed by atoms with Gasteiger partial charge >= 0.3 is 0 Å². The summed E-state index contributed by atoms with van der Waals surface area (Å²) in [5, 5.41) is 8.63. The molecule has 0 bridgehead atoms. The molecule has 0 aromatic heterocycles. The lowest BCUT2D eigenvalue weighted by molar-refractivity contribution is 0.0980. The highest BCUT2D eigenvalue weighted by Gasteiger charge is 2.30. The van der Waals surface area contributed by atoms with Crippen molar-refractivity contribution in [1.82, 2.24) is 0 Å². The zero-order valence-corrected chi connectivity index (χ0v) is 11.1. The number of carbonyl (C=O) groups excluding carboxylic acids is 1. The van der Waals surface area contributed by atoms with Crippen LogP contribution in [-0.2, 0) is 0 Å². The lowest BCUT2D eigenvalue weighted by Crippen LogP contribution is -2.10. The summed E-state index contributed by atoms with van der Waals surface area (Å²) in [6.07, 6.45) is 0.382. The Kier molecular flexibility index (Phi) is 3.22. The van der Waals surface area contributed by atoms with Gasteiger partial charge in [0, 0.05) is 22.8 Å². The second-order valence-corrected chi connectivity index (χ2v) is 5.63. The van der Waals surface area contributed by atoms with Gasteiger partial charge in [0.15, 0.2) is 5.78 Å². The summed E-state index contributed by atoms with van der Waals surface area (Å²) in [5.74, 6) is 0.0292. The van der Waals surface area contributed by atoms with E-state index in [0.29, 0.717) is 11.5 Å². The van der Waals surface area contributed by atoms with E-state index in [2.05, 4.69) is 0 Å². The zero-order chi connectivity index (χ0) is 13.2. The van der Waals surface area contributed by atoms with Crippen LogP contribution in [0.5, 0.6) is 0 Å². The second-order valence-electron chi connectivity index (χ2n) is 4.55. The average Bonchev–Trinajstić information content (AvgIpc) is 2.76. The molecule has 0 aliphatic carbocycles. The maximum absolute atomic E-state index is 12.3. The lowest BCUT2D eigenvalue weighted by Gasteiger charge is -2.10. The molecule has 3 heteroatoms. The molecule has 2 aromatic carbocycles. The van der Waals surface area contributed by atoms with E-state index in [-0.39, 0.29) is 11.7 Å². The SMILES string of the molecule is N=C1Sc2ccccc2C1CC(=O)c1ccccc1. The van der Waals surface area contributed by atoms with E-state index >= 15 is 0 Å². The fourth-order valence-electron chi connectivity index (χ4n) is 2.32.